The standard InChI is InChI=1S/C17H32O2P.ClH/c18-16-12-7-13-17(19)20(16,14-8-3-1-4-9-14)15-10-5-2-6-11-15;/h14-19H,1-13H2;1H/q+1;/p-1. The van der Waals surface area contributed by atoms with E-state index in [1.54, 1.807) is 0 Å². The fraction of sp³-hybridized carbons (Fsp3) is 1.00. The predicted molar refractivity (Wildman–Crippen MR) is 86.5 cm³/mol. The summed E-state index contributed by atoms with van der Waals surface area (Å²) in [7, 11) is -1.61. The lowest BCUT2D eigenvalue weighted by molar-refractivity contribution is -0.00000747. The maximum Gasteiger partial charge on any atom is 0.167 e. The van der Waals surface area contributed by atoms with E-state index >= 15 is 0 Å². The van der Waals surface area contributed by atoms with Gasteiger partial charge in [-0.25, -0.2) is 0 Å². The van der Waals surface area contributed by atoms with Gasteiger partial charge < -0.3 is 22.6 Å². The van der Waals surface area contributed by atoms with Crippen molar-refractivity contribution in [3.63, 3.8) is 0 Å². The maximum atomic E-state index is 11.0. The zero-order valence-corrected chi connectivity index (χ0v) is 14.9. The van der Waals surface area contributed by atoms with Gasteiger partial charge in [0.25, 0.3) is 0 Å². The van der Waals surface area contributed by atoms with Crippen LogP contribution in [0.25, 0.3) is 0 Å². The number of hydrogen-bond acceptors (Lipinski definition) is 2. The van der Waals surface area contributed by atoms with Crippen LogP contribution >= 0.6 is 7.26 Å². The third-order valence-electron chi connectivity index (χ3n) is 6.37. The quantitative estimate of drug-likeness (QED) is 0.751. The highest BCUT2D eigenvalue weighted by molar-refractivity contribution is 7.78. The summed E-state index contributed by atoms with van der Waals surface area (Å²) in [4.78, 5) is 0. The first-order chi connectivity index (χ1) is 9.76. The Morgan fingerprint density at radius 3 is 1.29 bits per heavy atom. The highest BCUT2D eigenvalue weighted by atomic mass is 35.5. The summed E-state index contributed by atoms with van der Waals surface area (Å²) in [6.07, 6.45) is 16.2. The molecule has 1 aliphatic heterocycles. The molecule has 0 aromatic rings. The van der Waals surface area contributed by atoms with Crippen LogP contribution in [0, 0.1) is 0 Å². The molecule has 2 unspecified atom stereocenters. The van der Waals surface area contributed by atoms with Crippen molar-refractivity contribution in [1.29, 1.82) is 0 Å². The second kappa shape index (κ2) is 7.95. The SMILES string of the molecule is OC1CCCC(O)[P+]1(C1CCCCC1)C1CCCCC1.[Cl-]. The summed E-state index contributed by atoms with van der Waals surface area (Å²) in [5.41, 5.74) is 1.37. The van der Waals surface area contributed by atoms with Gasteiger partial charge >= 0.3 is 0 Å². The van der Waals surface area contributed by atoms with Gasteiger partial charge in [0.15, 0.2) is 11.7 Å². The Kier molecular flexibility index (Phi) is 6.81. The molecular weight excluding hydrogens is 303 g/mol. The molecule has 3 aliphatic rings. The van der Waals surface area contributed by atoms with E-state index in [1.807, 2.05) is 0 Å². The van der Waals surface area contributed by atoms with Gasteiger partial charge in [-0.05, 0) is 57.8 Å². The third kappa shape index (κ3) is 3.30. The summed E-state index contributed by atoms with van der Waals surface area (Å²) in [5.74, 6) is -0.283. The van der Waals surface area contributed by atoms with Crippen LogP contribution in [-0.2, 0) is 0 Å². The number of aliphatic hydroxyl groups is 2. The van der Waals surface area contributed by atoms with Gasteiger partial charge in [-0.2, -0.15) is 0 Å². The van der Waals surface area contributed by atoms with Crippen LogP contribution in [0.4, 0.5) is 0 Å². The van der Waals surface area contributed by atoms with Gasteiger partial charge in [-0.1, -0.05) is 12.8 Å². The van der Waals surface area contributed by atoms with Crippen LogP contribution < -0.4 is 12.4 Å². The molecule has 124 valence electrons. The molecule has 0 aromatic heterocycles. The number of hydrogen-bond donors (Lipinski definition) is 2. The van der Waals surface area contributed by atoms with Crippen LogP contribution in [0.5, 0.6) is 0 Å². The molecule has 3 fully saturated rings. The van der Waals surface area contributed by atoms with Crippen molar-refractivity contribution in [2.45, 2.75) is 106 Å². The Morgan fingerprint density at radius 2 is 0.905 bits per heavy atom. The van der Waals surface area contributed by atoms with Crippen molar-refractivity contribution in [3.8, 4) is 0 Å². The normalized spacial score (nSPS) is 35.1. The van der Waals surface area contributed by atoms with Crippen LogP contribution in [0.15, 0.2) is 0 Å². The number of aliphatic hydroxyl groups excluding tert-OH is 2. The average molecular weight is 335 g/mol. The molecule has 2 atom stereocenters. The summed E-state index contributed by atoms with van der Waals surface area (Å²) in [6, 6.07) is 0. The molecule has 3 rings (SSSR count). The molecule has 2 saturated carbocycles. The second-order valence-electron chi connectivity index (χ2n) is 7.37. The summed E-state index contributed by atoms with van der Waals surface area (Å²) >= 11 is 0. The van der Waals surface area contributed by atoms with Crippen LogP contribution in [-0.4, -0.2) is 33.2 Å². The van der Waals surface area contributed by atoms with Crippen molar-refractivity contribution in [1.82, 2.24) is 0 Å². The van der Waals surface area contributed by atoms with Crippen LogP contribution in [0.3, 0.4) is 0 Å². The van der Waals surface area contributed by atoms with Gasteiger partial charge in [-0.15, -0.1) is 0 Å². The van der Waals surface area contributed by atoms with Crippen molar-refractivity contribution in [2.24, 2.45) is 0 Å². The van der Waals surface area contributed by atoms with Gasteiger partial charge in [0.05, 0.1) is 18.6 Å². The van der Waals surface area contributed by atoms with E-state index in [9.17, 15) is 10.2 Å². The molecule has 1 heterocycles. The van der Waals surface area contributed by atoms with E-state index in [4.69, 9.17) is 0 Å². The average Bonchev–Trinajstić information content (AvgIpc) is 2.50. The number of halogens is 1. The van der Waals surface area contributed by atoms with Crippen LogP contribution in [0.2, 0.25) is 0 Å². The van der Waals surface area contributed by atoms with E-state index in [2.05, 4.69) is 0 Å². The topological polar surface area (TPSA) is 40.5 Å². The second-order valence-corrected chi connectivity index (χ2v) is 11.8. The highest BCUT2D eigenvalue weighted by Gasteiger charge is 2.62. The minimum Gasteiger partial charge on any atom is -1.00 e. The zero-order chi connectivity index (χ0) is 14.0. The maximum absolute atomic E-state index is 11.0. The molecule has 2 aliphatic carbocycles. The predicted octanol–water partition coefficient (Wildman–Crippen LogP) is 1.49. The lowest BCUT2D eigenvalue weighted by Crippen LogP contribution is -3.00. The molecule has 2 nitrogen and oxygen atoms in total. The fourth-order valence-corrected chi connectivity index (χ4v) is 12.2. The van der Waals surface area contributed by atoms with Crippen molar-refractivity contribution in [2.75, 3.05) is 0 Å². The van der Waals surface area contributed by atoms with Crippen molar-refractivity contribution >= 4 is 7.26 Å². The molecule has 0 spiro atoms. The highest BCUT2D eigenvalue weighted by Crippen LogP contribution is 2.79. The Hall–Kier alpha value is 0.640. The fourth-order valence-electron chi connectivity index (χ4n) is 5.46. The molecule has 1 saturated heterocycles. The van der Waals surface area contributed by atoms with E-state index in [-0.39, 0.29) is 24.1 Å². The van der Waals surface area contributed by atoms with Gasteiger partial charge in [0.1, 0.15) is 0 Å². The summed E-state index contributed by atoms with van der Waals surface area (Å²) < 4.78 is 0. The Balaban J connectivity index is 0.00000161. The molecule has 4 heteroatoms. The summed E-state index contributed by atoms with van der Waals surface area (Å²) in [6.45, 7) is 0. The smallest absolute Gasteiger partial charge is 0.167 e. The van der Waals surface area contributed by atoms with E-state index in [1.165, 1.54) is 64.2 Å². The van der Waals surface area contributed by atoms with Crippen molar-refractivity contribution in [3.05, 3.63) is 0 Å². The third-order valence-corrected chi connectivity index (χ3v) is 12.5. The van der Waals surface area contributed by atoms with E-state index in [0.717, 1.165) is 19.3 Å². The summed E-state index contributed by atoms with van der Waals surface area (Å²) in [5, 5.41) is 22.0. The minimum atomic E-state index is -1.61. The molecular formula is C17H32ClO2P. The molecule has 21 heavy (non-hydrogen) atoms. The first-order valence-electron chi connectivity index (χ1n) is 9.00. The van der Waals surface area contributed by atoms with Gasteiger partial charge in [-0.3, -0.25) is 0 Å². The van der Waals surface area contributed by atoms with Crippen LogP contribution in [0.1, 0.15) is 83.5 Å². The Bertz CT molecular complexity index is 284. The largest absolute Gasteiger partial charge is 1.00 e. The van der Waals surface area contributed by atoms with E-state index in [0.29, 0.717) is 11.3 Å². The zero-order valence-electron chi connectivity index (χ0n) is 13.2. The first kappa shape index (κ1) is 18.0. The van der Waals surface area contributed by atoms with Gasteiger partial charge in [0.2, 0.25) is 0 Å². The lowest BCUT2D eigenvalue weighted by Gasteiger charge is -2.50. The molecule has 0 amide bonds. The monoisotopic (exact) mass is 334 g/mol. The molecule has 0 aromatic carbocycles. The molecule has 0 radical (unpaired) electrons. The van der Waals surface area contributed by atoms with Gasteiger partial charge in [0, 0.05) is 12.8 Å². The van der Waals surface area contributed by atoms with E-state index < -0.39 is 7.26 Å². The minimum absolute atomic E-state index is 0. The first-order valence-corrected chi connectivity index (χ1v) is 11.1. The van der Waals surface area contributed by atoms with Crippen molar-refractivity contribution < 1.29 is 22.6 Å². The lowest BCUT2D eigenvalue weighted by atomic mass is 9.99. The number of rotatable bonds is 2. The molecule has 0 bridgehead atoms. The Morgan fingerprint density at radius 1 is 0.524 bits per heavy atom. The molecule has 2 N–H and O–H groups in total. The Labute approximate surface area is 136 Å².